The molecule has 0 aliphatic heterocycles. The third-order valence-electron chi connectivity index (χ3n) is 5.16. The van der Waals surface area contributed by atoms with Crippen LogP contribution in [0.15, 0.2) is 41.3 Å². The fourth-order valence-corrected chi connectivity index (χ4v) is 3.68. The number of carboxylic acid groups (broad SMARTS) is 1. The average Bonchev–Trinajstić information content (AvgIpc) is 2.68. The van der Waals surface area contributed by atoms with Gasteiger partial charge in [0.25, 0.3) is 0 Å². The van der Waals surface area contributed by atoms with E-state index in [1.54, 1.807) is 0 Å². The molecule has 0 saturated carbocycles. The molecule has 1 aromatic heterocycles. The maximum atomic E-state index is 14.9. The van der Waals surface area contributed by atoms with Gasteiger partial charge < -0.3 is 14.8 Å². The first-order valence-corrected chi connectivity index (χ1v) is 9.67. The number of aliphatic hydroxyl groups excluding tert-OH is 1. The van der Waals surface area contributed by atoms with Gasteiger partial charge in [-0.25, -0.2) is 13.6 Å². The number of carbonyl (C=O) groups is 1. The Balaban J connectivity index is 2.28. The van der Waals surface area contributed by atoms with Crippen molar-refractivity contribution in [2.75, 3.05) is 6.61 Å². The van der Waals surface area contributed by atoms with Crippen molar-refractivity contribution in [2.24, 2.45) is 5.92 Å². The second-order valence-corrected chi connectivity index (χ2v) is 7.84. The van der Waals surface area contributed by atoms with Gasteiger partial charge in [0.2, 0.25) is 5.43 Å². The maximum Gasteiger partial charge on any atom is 0.341 e. The SMILES string of the molecule is CC(C)[C@@H](CO)n1cc(C(=O)O)c(=O)c2cc(Cc3cccc(Cl)c3F)c(F)cc21. The van der Waals surface area contributed by atoms with Crippen molar-refractivity contribution >= 4 is 28.5 Å². The molecule has 0 aliphatic rings. The molecule has 0 saturated heterocycles. The zero-order chi connectivity index (χ0) is 22.2. The number of nitrogens with zero attached hydrogens (tertiary/aromatic N) is 1. The van der Waals surface area contributed by atoms with Crippen molar-refractivity contribution < 1.29 is 23.8 Å². The van der Waals surface area contributed by atoms with Gasteiger partial charge in [0, 0.05) is 18.0 Å². The van der Waals surface area contributed by atoms with Crippen molar-refractivity contribution in [1.29, 1.82) is 0 Å². The average molecular weight is 436 g/mol. The first-order chi connectivity index (χ1) is 14.1. The minimum absolute atomic E-state index is 0.0205. The van der Waals surface area contributed by atoms with Gasteiger partial charge >= 0.3 is 5.97 Å². The summed E-state index contributed by atoms with van der Waals surface area (Å²) >= 11 is 5.79. The molecule has 0 unspecified atom stereocenters. The predicted octanol–water partition coefficient (Wildman–Crippen LogP) is 4.41. The summed E-state index contributed by atoms with van der Waals surface area (Å²) in [6.07, 6.45) is 0.960. The van der Waals surface area contributed by atoms with Crippen LogP contribution >= 0.6 is 11.6 Å². The molecule has 30 heavy (non-hydrogen) atoms. The Morgan fingerprint density at radius 2 is 1.90 bits per heavy atom. The smallest absolute Gasteiger partial charge is 0.341 e. The summed E-state index contributed by atoms with van der Waals surface area (Å²) in [7, 11) is 0. The van der Waals surface area contributed by atoms with E-state index in [1.807, 2.05) is 13.8 Å². The highest BCUT2D eigenvalue weighted by Gasteiger charge is 2.22. The number of aromatic nitrogens is 1. The molecule has 0 radical (unpaired) electrons. The van der Waals surface area contributed by atoms with Crippen molar-refractivity contribution in [1.82, 2.24) is 4.57 Å². The van der Waals surface area contributed by atoms with Crippen LogP contribution in [0.1, 0.15) is 41.4 Å². The molecule has 2 N–H and O–H groups in total. The van der Waals surface area contributed by atoms with Crippen molar-refractivity contribution in [3.8, 4) is 0 Å². The topological polar surface area (TPSA) is 79.5 Å². The number of hydrogen-bond acceptors (Lipinski definition) is 3. The van der Waals surface area contributed by atoms with Crippen LogP contribution in [-0.2, 0) is 6.42 Å². The van der Waals surface area contributed by atoms with Crippen LogP contribution in [0.4, 0.5) is 8.78 Å². The van der Waals surface area contributed by atoms with Gasteiger partial charge in [-0.15, -0.1) is 0 Å². The molecule has 0 amide bonds. The molecular weight excluding hydrogens is 416 g/mol. The fraction of sp³-hybridized carbons (Fsp3) is 0.273. The Bertz CT molecular complexity index is 1190. The lowest BCUT2D eigenvalue weighted by Crippen LogP contribution is -2.25. The Morgan fingerprint density at radius 1 is 1.20 bits per heavy atom. The lowest BCUT2D eigenvalue weighted by Gasteiger charge is -2.25. The van der Waals surface area contributed by atoms with Crippen molar-refractivity contribution in [3.05, 3.63) is 80.1 Å². The van der Waals surface area contributed by atoms with Crippen LogP contribution in [0.5, 0.6) is 0 Å². The Kier molecular flexibility index (Phi) is 6.24. The van der Waals surface area contributed by atoms with E-state index in [-0.39, 0.29) is 46.0 Å². The minimum atomic E-state index is -1.43. The zero-order valence-corrected chi connectivity index (χ0v) is 17.1. The number of rotatable bonds is 6. The molecular formula is C22H20ClF2NO4. The van der Waals surface area contributed by atoms with Gasteiger partial charge in [0.15, 0.2) is 0 Å². The minimum Gasteiger partial charge on any atom is -0.477 e. The Morgan fingerprint density at radius 3 is 2.50 bits per heavy atom. The summed E-state index contributed by atoms with van der Waals surface area (Å²) in [4.78, 5) is 24.4. The third kappa shape index (κ3) is 3.95. The standard InChI is InChI=1S/C22H20ClF2NO4/c1-11(2)19(10-27)26-9-15(22(29)30)21(28)14-7-13(17(24)8-18(14)26)6-12-4-3-5-16(23)20(12)25/h3-5,7-9,11,19,27H,6,10H2,1-2H3,(H,29,30)/t19-/m1/s1. The molecule has 2 aromatic carbocycles. The zero-order valence-electron chi connectivity index (χ0n) is 16.3. The van der Waals surface area contributed by atoms with Gasteiger partial charge in [0.05, 0.1) is 23.2 Å². The number of halogens is 3. The molecule has 0 bridgehead atoms. The van der Waals surface area contributed by atoms with Crippen LogP contribution in [0, 0.1) is 17.6 Å². The summed E-state index contributed by atoms with van der Waals surface area (Å²) in [5.74, 6) is -2.91. The van der Waals surface area contributed by atoms with E-state index in [0.29, 0.717) is 0 Å². The number of pyridine rings is 1. The summed E-state index contributed by atoms with van der Waals surface area (Å²) in [6.45, 7) is 3.31. The van der Waals surface area contributed by atoms with Crippen LogP contribution < -0.4 is 5.43 Å². The number of carboxylic acids is 1. The first kappa shape index (κ1) is 21.9. The molecule has 1 heterocycles. The van der Waals surface area contributed by atoms with Gasteiger partial charge in [-0.05, 0) is 35.2 Å². The third-order valence-corrected chi connectivity index (χ3v) is 5.45. The molecule has 158 valence electrons. The van der Waals surface area contributed by atoms with Crippen LogP contribution in [0.25, 0.3) is 10.9 Å². The Labute approximate surface area is 176 Å². The maximum absolute atomic E-state index is 14.9. The van der Waals surface area contributed by atoms with Crippen LogP contribution in [-0.4, -0.2) is 27.4 Å². The fourth-order valence-electron chi connectivity index (χ4n) is 3.49. The van der Waals surface area contributed by atoms with Gasteiger partial charge in [-0.3, -0.25) is 4.79 Å². The largest absolute Gasteiger partial charge is 0.477 e. The summed E-state index contributed by atoms with van der Waals surface area (Å²) in [5, 5.41) is 19.1. The van der Waals surface area contributed by atoms with E-state index in [0.717, 1.165) is 12.3 Å². The monoisotopic (exact) mass is 435 g/mol. The number of benzene rings is 2. The molecule has 0 spiro atoms. The number of fused-ring (bicyclic) bond motifs is 1. The van der Waals surface area contributed by atoms with E-state index in [2.05, 4.69) is 0 Å². The molecule has 5 nitrogen and oxygen atoms in total. The highest BCUT2D eigenvalue weighted by molar-refractivity contribution is 6.30. The second-order valence-electron chi connectivity index (χ2n) is 7.43. The van der Waals surface area contributed by atoms with Crippen LogP contribution in [0.2, 0.25) is 5.02 Å². The quantitative estimate of drug-likeness (QED) is 0.601. The number of hydrogen-bond donors (Lipinski definition) is 2. The van der Waals surface area contributed by atoms with E-state index < -0.39 is 34.6 Å². The summed E-state index contributed by atoms with van der Waals surface area (Å²) < 4.78 is 30.6. The van der Waals surface area contributed by atoms with Gasteiger partial charge in [-0.2, -0.15) is 0 Å². The molecule has 3 aromatic rings. The molecule has 3 rings (SSSR count). The predicted molar refractivity (Wildman–Crippen MR) is 110 cm³/mol. The van der Waals surface area contributed by atoms with Crippen LogP contribution in [0.3, 0.4) is 0 Å². The van der Waals surface area contributed by atoms with E-state index >= 15 is 0 Å². The van der Waals surface area contributed by atoms with Gasteiger partial charge in [-0.1, -0.05) is 37.6 Å². The summed E-state index contributed by atoms with van der Waals surface area (Å²) in [5.41, 5.74) is -0.938. The number of aromatic carboxylic acids is 1. The summed E-state index contributed by atoms with van der Waals surface area (Å²) in [6, 6.07) is 6.15. The van der Waals surface area contributed by atoms with Crippen molar-refractivity contribution in [2.45, 2.75) is 26.3 Å². The number of aliphatic hydroxyl groups is 1. The highest BCUT2D eigenvalue weighted by atomic mass is 35.5. The lowest BCUT2D eigenvalue weighted by molar-refractivity contribution is 0.0694. The van der Waals surface area contributed by atoms with E-state index in [4.69, 9.17) is 11.6 Å². The molecule has 1 atom stereocenters. The second kappa shape index (κ2) is 8.53. The highest BCUT2D eigenvalue weighted by Crippen LogP contribution is 2.27. The normalized spacial score (nSPS) is 12.5. The molecule has 0 fully saturated rings. The molecule has 8 heteroatoms. The lowest BCUT2D eigenvalue weighted by atomic mass is 9.99. The molecule has 0 aliphatic carbocycles. The van der Waals surface area contributed by atoms with Crippen molar-refractivity contribution in [3.63, 3.8) is 0 Å². The van der Waals surface area contributed by atoms with E-state index in [1.165, 1.54) is 28.8 Å². The van der Waals surface area contributed by atoms with E-state index in [9.17, 15) is 28.6 Å². The first-order valence-electron chi connectivity index (χ1n) is 9.30. The Hall–Kier alpha value is -2.77. The van der Waals surface area contributed by atoms with Gasteiger partial charge in [0.1, 0.15) is 17.2 Å².